The van der Waals surface area contributed by atoms with Crippen molar-refractivity contribution in [3.63, 3.8) is 0 Å². The van der Waals surface area contributed by atoms with E-state index < -0.39 is 5.91 Å². The standard InChI is InChI=1S/C17H20N2O2/c1-11-4-9-15(16(10-11)21-3)12(2)19-14-7-5-13(6-8-14)17(18)20/h4-10,12,19H,1-3H3,(H2,18,20). The van der Waals surface area contributed by atoms with Crippen LogP contribution in [0.3, 0.4) is 0 Å². The maximum Gasteiger partial charge on any atom is 0.248 e. The van der Waals surface area contributed by atoms with Crippen LogP contribution in [0.2, 0.25) is 0 Å². The van der Waals surface area contributed by atoms with E-state index in [1.807, 2.05) is 25.1 Å². The quantitative estimate of drug-likeness (QED) is 0.885. The maximum atomic E-state index is 11.1. The molecule has 1 amide bonds. The lowest BCUT2D eigenvalue weighted by molar-refractivity contribution is 0.100. The molecule has 0 radical (unpaired) electrons. The van der Waals surface area contributed by atoms with Crippen LogP contribution in [0.15, 0.2) is 42.5 Å². The second kappa shape index (κ2) is 6.31. The highest BCUT2D eigenvalue weighted by molar-refractivity contribution is 5.93. The van der Waals surface area contributed by atoms with Crippen LogP contribution in [0.4, 0.5) is 5.69 Å². The molecule has 0 fully saturated rings. The van der Waals surface area contributed by atoms with E-state index in [2.05, 4.69) is 24.4 Å². The minimum Gasteiger partial charge on any atom is -0.496 e. The van der Waals surface area contributed by atoms with Crippen molar-refractivity contribution < 1.29 is 9.53 Å². The Morgan fingerprint density at radius 1 is 1.19 bits per heavy atom. The smallest absolute Gasteiger partial charge is 0.248 e. The van der Waals surface area contributed by atoms with Gasteiger partial charge in [0.15, 0.2) is 0 Å². The summed E-state index contributed by atoms with van der Waals surface area (Å²) in [5.74, 6) is 0.443. The van der Waals surface area contributed by atoms with Crippen molar-refractivity contribution in [1.29, 1.82) is 0 Å². The van der Waals surface area contributed by atoms with Gasteiger partial charge in [0.05, 0.1) is 13.2 Å². The summed E-state index contributed by atoms with van der Waals surface area (Å²) < 4.78 is 5.43. The summed E-state index contributed by atoms with van der Waals surface area (Å²) in [7, 11) is 1.67. The van der Waals surface area contributed by atoms with Crippen molar-refractivity contribution in [2.45, 2.75) is 19.9 Å². The highest BCUT2D eigenvalue weighted by atomic mass is 16.5. The summed E-state index contributed by atoms with van der Waals surface area (Å²) >= 11 is 0. The molecule has 0 saturated heterocycles. The molecule has 0 heterocycles. The Morgan fingerprint density at radius 2 is 1.86 bits per heavy atom. The van der Waals surface area contributed by atoms with Gasteiger partial charge in [-0.3, -0.25) is 4.79 Å². The fraction of sp³-hybridized carbons (Fsp3) is 0.235. The highest BCUT2D eigenvalue weighted by Crippen LogP contribution is 2.28. The van der Waals surface area contributed by atoms with E-state index in [-0.39, 0.29) is 6.04 Å². The number of methoxy groups -OCH3 is 1. The van der Waals surface area contributed by atoms with Crippen LogP contribution in [-0.4, -0.2) is 13.0 Å². The molecule has 4 heteroatoms. The van der Waals surface area contributed by atoms with Crippen LogP contribution >= 0.6 is 0 Å². The Morgan fingerprint density at radius 3 is 2.43 bits per heavy atom. The summed E-state index contributed by atoms with van der Waals surface area (Å²) in [5, 5.41) is 3.39. The van der Waals surface area contributed by atoms with Crippen molar-refractivity contribution in [2.24, 2.45) is 5.73 Å². The van der Waals surface area contributed by atoms with E-state index in [0.29, 0.717) is 5.56 Å². The fourth-order valence-electron chi connectivity index (χ4n) is 2.23. The van der Waals surface area contributed by atoms with Gasteiger partial charge in [0.25, 0.3) is 0 Å². The molecule has 0 bridgehead atoms. The average Bonchev–Trinajstić information content (AvgIpc) is 2.47. The van der Waals surface area contributed by atoms with Gasteiger partial charge >= 0.3 is 0 Å². The number of amides is 1. The predicted octanol–water partition coefficient (Wildman–Crippen LogP) is 3.28. The molecular formula is C17H20N2O2. The summed E-state index contributed by atoms with van der Waals surface area (Å²) in [6, 6.07) is 13.3. The number of primary amides is 1. The first kappa shape index (κ1) is 14.9. The van der Waals surface area contributed by atoms with Crippen molar-refractivity contribution in [3.05, 3.63) is 59.2 Å². The zero-order valence-electron chi connectivity index (χ0n) is 12.5. The number of aryl methyl sites for hydroxylation is 1. The first-order chi connectivity index (χ1) is 10.0. The lowest BCUT2D eigenvalue weighted by Crippen LogP contribution is -2.11. The number of nitrogens with two attached hydrogens (primary N) is 1. The number of benzene rings is 2. The Bertz CT molecular complexity index is 636. The first-order valence-corrected chi connectivity index (χ1v) is 6.82. The number of rotatable bonds is 5. The van der Waals surface area contributed by atoms with E-state index in [0.717, 1.165) is 22.6 Å². The monoisotopic (exact) mass is 284 g/mol. The Labute approximate surface area is 124 Å². The number of hydrogen-bond acceptors (Lipinski definition) is 3. The third-order valence-corrected chi connectivity index (χ3v) is 3.41. The Kier molecular flexibility index (Phi) is 4.48. The van der Waals surface area contributed by atoms with Crippen molar-refractivity contribution in [2.75, 3.05) is 12.4 Å². The normalized spacial score (nSPS) is 11.8. The molecule has 0 saturated carbocycles. The zero-order valence-corrected chi connectivity index (χ0v) is 12.5. The molecule has 0 aliphatic carbocycles. The molecular weight excluding hydrogens is 264 g/mol. The topological polar surface area (TPSA) is 64.3 Å². The zero-order chi connectivity index (χ0) is 15.4. The van der Waals surface area contributed by atoms with Gasteiger partial charge in [-0.2, -0.15) is 0 Å². The molecule has 0 aromatic heterocycles. The summed E-state index contributed by atoms with van der Waals surface area (Å²) in [6.45, 7) is 4.10. The number of hydrogen-bond donors (Lipinski definition) is 2. The van der Waals surface area contributed by atoms with Gasteiger partial charge in [-0.15, -0.1) is 0 Å². The van der Waals surface area contributed by atoms with Crippen molar-refractivity contribution >= 4 is 11.6 Å². The molecule has 0 aliphatic rings. The predicted molar refractivity (Wildman–Crippen MR) is 84.7 cm³/mol. The SMILES string of the molecule is COc1cc(C)ccc1C(C)Nc1ccc(C(N)=O)cc1. The van der Waals surface area contributed by atoms with Gasteiger partial charge in [-0.25, -0.2) is 0 Å². The van der Waals surface area contributed by atoms with Crippen LogP contribution in [-0.2, 0) is 0 Å². The summed E-state index contributed by atoms with van der Waals surface area (Å²) in [6.07, 6.45) is 0. The van der Waals surface area contributed by atoms with Gasteiger partial charge in [-0.1, -0.05) is 12.1 Å². The third-order valence-electron chi connectivity index (χ3n) is 3.41. The number of carbonyl (C=O) groups excluding carboxylic acids is 1. The van der Waals surface area contributed by atoms with Gasteiger partial charge in [-0.05, 0) is 49.7 Å². The molecule has 3 N–H and O–H groups in total. The molecule has 1 atom stereocenters. The van der Waals surface area contributed by atoms with Crippen molar-refractivity contribution in [1.82, 2.24) is 0 Å². The van der Waals surface area contributed by atoms with E-state index in [1.54, 1.807) is 19.2 Å². The Balaban J connectivity index is 2.17. The van der Waals surface area contributed by atoms with E-state index in [1.165, 1.54) is 0 Å². The molecule has 4 nitrogen and oxygen atoms in total. The molecule has 1 unspecified atom stereocenters. The van der Waals surface area contributed by atoms with Crippen LogP contribution < -0.4 is 15.8 Å². The second-order valence-corrected chi connectivity index (χ2v) is 5.05. The molecule has 0 aliphatic heterocycles. The van der Waals surface area contributed by atoms with Crippen LogP contribution in [0.25, 0.3) is 0 Å². The van der Waals surface area contributed by atoms with E-state index in [9.17, 15) is 4.79 Å². The number of carbonyl (C=O) groups is 1. The van der Waals surface area contributed by atoms with E-state index in [4.69, 9.17) is 10.5 Å². The fourth-order valence-corrected chi connectivity index (χ4v) is 2.23. The lowest BCUT2D eigenvalue weighted by Gasteiger charge is -2.19. The number of ether oxygens (including phenoxy) is 1. The van der Waals surface area contributed by atoms with Crippen LogP contribution in [0.5, 0.6) is 5.75 Å². The number of anilines is 1. The summed E-state index contributed by atoms with van der Waals surface area (Å²) in [4.78, 5) is 11.1. The minimum absolute atomic E-state index is 0.0833. The Hall–Kier alpha value is -2.49. The molecule has 2 aromatic rings. The third kappa shape index (κ3) is 3.54. The molecule has 2 aromatic carbocycles. The van der Waals surface area contributed by atoms with Crippen molar-refractivity contribution in [3.8, 4) is 5.75 Å². The van der Waals surface area contributed by atoms with Gasteiger partial charge < -0.3 is 15.8 Å². The largest absolute Gasteiger partial charge is 0.496 e. The van der Waals surface area contributed by atoms with Gasteiger partial charge in [0.2, 0.25) is 5.91 Å². The van der Waals surface area contributed by atoms with Gasteiger partial charge in [0.1, 0.15) is 5.75 Å². The highest BCUT2D eigenvalue weighted by Gasteiger charge is 2.11. The molecule has 110 valence electrons. The maximum absolute atomic E-state index is 11.1. The van der Waals surface area contributed by atoms with Crippen LogP contribution in [0, 0.1) is 6.92 Å². The first-order valence-electron chi connectivity index (χ1n) is 6.82. The van der Waals surface area contributed by atoms with E-state index >= 15 is 0 Å². The number of nitrogens with one attached hydrogen (secondary N) is 1. The lowest BCUT2D eigenvalue weighted by atomic mass is 10.0. The molecule has 0 spiro atoms. The van der Waals surface area contributed by atoms with Crippen LogP contribution in [0.1, 0.15) is 34.5 Å². The average molecular weight is 284 g/mol. The van der Waals surface area contributed by atoms with Gasteiger partial charge in [0, 0.05) is 16.8 Å². The summed E-state index contributed by atoms with van der Waals surface area (Å²) in [5.41, 5.74) is 8.91. The molecule has 21 heavy (non-hydrogen) atoms. The molecule has 2 rings (SSSR count). The minimum atomic E-state index is -0.421. The second-order valence-electron chi connectivity index (χ2n) is 5.05.